The number of nitrogens with zero attached hydrogens (tertiary/aromatic N) is 1. The largest absolute Gasteiger partial charge is 0.495 e. The molecular weight excluding hydrogens is 264 g/mol. The highest BCUT2D eigenvalue weighted by atomic mass is 35.5. The van der Waals surface area contributed by atoms with E-state index in [1.807, 2.05) is 0 Å². The molecule has 0 aliphatic carbocycles. The van der Waals surface area contributed by atoms with Crippen LogP contribution in [-0.2, 0) is 4.79 Å². The number of rotatable bonds is 7. The van der Waals surface area contributed by atoms with Gasteiger partial charge in [0.25, 0.3) is 0 Å². The Balaban J connectivity index is 2.59. The fraction of sp³-hybridized carbons (Fsp3) is 0.500. The monoisotopic (exact) mass is 284 g/mol. The fourth-order valence-corrected chi connectivity index (χ4v) is 1.96. The first-order valence-electron chi connectivity index (χ1n) is 6.46. The minimum Gasteiger partial charge on any atom is -0.495 e. The molecule has 0 bridgehead atoms. The Hall–Kier alpha value is -1.26. The molecule has 0 aliphatic heterocycles. The van der Waals surface area contributed by atoms with Crippen LogP contribution in [0.25, 0.3) is 0 Å². The van der Waals surface area contributed by atoms with E-state index in [1.54, 1.807) is 25.3 Å². The zero-order valence-corrected chi connectivity index (χ0v) is 12.5. The van der Waals surface area contributed by atoms with E-state index in [0.29, 0.717) is 22.9 Å². The minimum absolute atomic E-state index is 0.0348. The van der Waals surface area contributed by atoms with Crippen LogP contribution in [0.3, 0.4) is 0 Å². The summed E-state index contributed by atoms with van der Waals surface area (Å²) in [5.74, 6) is 0.577. The smallest absolute Gasteiger partial charge is 0.225 e. The van der Waals surface area contributed by atoms with E-state index >= 15 is 0 Å². The summed E-state index contributed by atoms with van der Waals surface area (Å²) in [7, 11) is 1.56. The number of carbonyl (C=O) groups excluding carboxylic acids is 1. The van der Waals surface area contributed by atoms with Crippen molar-refractivity contribution < 1.29 is 9.53 Å². The number of halogens is 1. The molecule has 0 fully saturated rings. The van der Waals surface area contributed by atoms with Crippen molar-refractivity contribution in [2.45, 2.75) is 20.3 Å². The SMILES string of the molecule is CCN(CC)CCC(=O)Nc1cc(Cl)ccc1OC. The molecule has 106 valence electrons. The van der Waals surface area contributed by atoms with E-state index in [1.165, 1.54) is 0 Å². The summed E-state index contributed by atoms with van der Waals surface area (Å²) in [5.41, 5.74) is 0.611. The standard InChI is InChI=1S/C14H21ClN2O2/c1-4-17(5-2)9-8-14(18)16-12-10-11(15)6-7-13(12)19-3/h6-7,10H,4-5,8-9H2,1-3H3,(H,16,18). The molecule has 0 spiro atoms. The highest BCUT2D eigenvalue weighted by Crippen LogP contribution is 2.27. The number of nitrogens with one attached hydrogen (secondary N) is 1. The van der Waals surface area contributed by atoms with Crippen LogP contribution >= 0.6 is 11.6 Å². The molecule has 0 aliphatic rings. The normalized spacial score (nSPS) is 10.6. The second-order valence-electron chi connectivity index (χ2n) is 4.17. The Bertz CT molecular complexity index is 420. The first kappa shape index (κ1) is 15.8. The van der Waals surface area contributed by atoms with Gasteiger partial charge < -0.3 is 15.0 Å². The summed E-state index contributed by atoms with van der Waals surface area (Å²) >= 11 is 5.91. The third-order valence-corrected chi connectivity index (χ3v) is 3.22. The Morgan fingerprint density at radius 3 is 2.63 bits per heavy atom. The maximum absolute atomic E-state index is 11.9. The fourth-order valence-electron chi connectivity index (χ4n) is 1.79. The molecule has 0 radical (unpaired) electrons. The predicted octanol–water partition coefficient (Wildman–Crippen LogP) is 3.02. The van der Waals surface area contributed by atoms with Crippen LogP contribution in [0.5, 0.6) is 5.75 Å². The van der Waals surface area contributed by atoms with E-state index in [2.05, 4.69) is 24.1 Å². The summed E-state index contributed by atoms with van der Waals surface area (Å²) in [6, 6.07) is 5.16. The summed E-state index contributed by atoms with van der Waals surface area (Å²) in [6.07, 6.45) is 0.456. The van der Waals surface area contributed by atoms with E-state index in [4.69, 9.17) is 16.3 Å². The maximum Gasteiger partial charge on any atom is 0.225 e. The van der Waals surface area contributed by atoms with Crippen LogP contribution in [0.2, 0.25) is 5.02 Å². The second kappa shape index (κ2) is 8.02. The Kier molecular flexibility index (Phi) is 6.67. The molecule has 0 atom stereocenters. The van der Waals surface area contributed by atoms with Gasteiger partial charge >= 0.3 is 0 Å². The number of hydrogen-bond donors (Lipinski definition) is 1. The van der Waals surface area contributed by atoms with Gasteiger partial charge in [-0.15, -0.1) is 0 Å². The Morgan fingerprint density at radius 2 is 2.05 bits per heavy atom. The van der Waals surface area contributed by atoms with Crippen molar-refractivity contribution in [3.63, 3.8) is 0 Å². The topological polar surface area (TPSA) is 41.6 Å². The van der Waals surface area contributed by atoms with Crippen molar-refractivity contribution in [2.24, 2.45) is 0 Å². The van der Waals surface area contributed by atoms with Gasteiger partial charge in [0, 0.05) is 18.0 Å². The van der Waals surface area contributed by atoms with Gasteiger partial charge in [0.15, 0.2) is 0 Å². The zero-order chi connectivity index (χ0) is 14.3. The van der Waals surface area contributed by atoms with Crippen LogP contribution in [-0.4, -0.2) is 37.6 Å². The molecule has 1 rings (SSSR count). The number of methoxy groups -OCH3 is 1. The minimum atomic E-state index is -0.0348. The van der Waals surface area contributed by atoms with Crippen LogP contribution in [0, 0.1) is 0 Å². The third-order valence-electron chi connectivity index (χ3n) is 2.99. The lowest BCUT2D eigenvalue weighted by Gasteiger charge is -2.17. The van der Waals surface area contributed by atoms with Gasteiger partial charge in [0.1, 0.15) is 5.75 Å². The molecule has 4 nitrogen and oxygen atoms in total. The molecule has 0 aromatic heterocycles. The van der Waals surface area contributed by atoms with Crippen molar-refractivity contribution in [3.05, 3.63) is 23.2 Å². The molecule has 0 unspecified atom stereocenters. The molecule has 1 aromatic carbocycles. The first-order valence-corrected chi connectivity index (χ1v) is 6.84. The van der Waals surface area contributed by atoms with E-state index < -0.39 is 0 Å². The van der Waals surface area contributed by atoms with Crippen molar-refractivity contribution in [1.29, 1.82) is 0 Å². The third kappa shape index (κ3) is 5.09. The van der Waals surface area contributed by atoms with Gasteiger partial charge in [-0.25, -0.2) is 0 Å². The molecule has 0 heterocycles. The summed E-state index contributed by atoms with van der Waals surface area (Å²) in [5, 5.41) is 3.40. The maximum atomic E-state index is 11.9. The molecule has 5 heteroatoms. The number of amides is 1. The van der Waals surface area contributed by atoms with Gasteiger partial charge in [-0.3, -0.25) is 4.79 Å². The quantitative estimate of drug-likeness (QED) is 0.837. The molecule has 1 amide bonds. The number of benzene rings is 1. The number of hydrogen-bond acceptors (Lipinski definition) is 3. The summed E-state index contributed by atoms with van der Waals surface area (Å²) in [4.78, 5) is 14.1. The molecular formula is C14H21ClN2O2. The molecule has 0 saturated heterocycles. The lowest BCUT2D eigenvalue weighted by atomic mass is 10.2. The van der Waals surface area contributed by atoms with Crippen LogP contribution < -0.4 is 10.1 Å². The van der Waals surface area contributed by atoms with Gasteiger partial charge in [0.2, 0.25) is 5.91 Å². The van der Waals surface area contributed by atoms with Gasteiger partial charge in [-0.1, -0.05) is 25.4 Å². The van der Waals surface area contributed by atoms with E-state index in [-0.39, 0.29) is 5.91 Å². The number of ether oxygens (including phenoxy) is 1. The molecule has 19 heavy (non-hydrogen) atoms. The van der Waals surface area contributed by atoms with Gasteiger partial charge in [-0.05, 0) is 31.3 Å². The Labute approximate surface area is 119 Å². The van der Waals surface area contributed by atoms with Crippen molar-refractivity contribution >= 4 is 23.2 Å². The molecule has 0 saturated carbocycles. The number of anilines is 1. The van der Waals surface area contributed by atoms with Gasteiger partial charge in [0.05, 0.1) is 12.8 Å². The highest BCUT2D eigenvalue weighted by molar-refractivity contribution is 6.31. The molecule has 1 aromatic rings. The highest BCUT2D eigenvalue weighted by Gasteiger charge is 2.09. The lowest BCUT2D eigenvalue weighted by molar-refractivity contribution is -0.116. The second-order valence-corrected chi connectivity index (χ2v) is 4.61. The van der Waals surface area contributed by atoms with Crippen LogP contribution in [0.15, 0.2) is 18.2 Å². The lowest BCUT2D eigenvalue weighted by Crippen LogP contribution is -2.27. The Morgan fingerprint density at radius 1 is 1.37 bits per heavy atom. The van der Waals surface area contributed by atoms with Crippen LogP contribution in [0.1, 0.15) is 20.3 Å². The van der Waals surface area contributed by atoms with Gasteiger partial charge in [-0.2, -0.15) is 0 Å². The van der Waals surface area contributed by atoms with Crippen molar-refractivity contribution in [1.82, 2.24) is 4.90 Å². The van der Waals surface area contributed by atoms with E-state index in [0.717, 1.165) is 19.6 Å². The average molecular weight is 285 g/mol. The first-order chi connectivity index (χ1) is 9.10. The average Bonchev–Trinajstić information content (AvgIpc) is 2.40. The zero-order valence-electron chi connectivity index (χ0n) is 11.7. The van der Waals surface area contributed by atoms with Crippen molar-refractivity contribution in [2.75, 3.05) is 32.1 Å². The summed E-state index contributed by atoms with van der Waals surface area (Å²) < 4.78 is 5.19. The van der Waals surface area contributed by atoms with E-state index in [9.17, 15) is 4.79 Å². The van der Waals surface area contributed by atoms with Crippen LogP contribution in [0.4, 0.5) is 5.69 Å². The number of carbonyl (C=O) groups is 1. The van der Waals surface area contributed by atoms with Crippen molar-refractivity contribution in [3.8, 4) is 5.75 Å². The molecule has 1 N–H and O–H groups in total. The summed E-state index contributed by atoms with van der Waals surface area (Å²) in [6.45, 7) is 6.82. The predicted molar refractivity (Wildman–Crippen MR) is 79.0 cm³/mol.